The lowest BCUT2D eigenvalue weighted by atomic mass is 10.2. The zero-order chi connectivity index (χ0) is 20.1. The van der Waals surface area contributed by atoms with Crippen LogP contribution in [0.2, 0.25) is 0 Å². The van der Waals surface area contributed by atoms with Gasteiger partial charge in [-0.1, -0.05) is 18.2 Å². The summed E-state index contributed by atoms with van der Waals surface area (Å²) in [5, 5.41) is 0. The summed E-state index contributed by atoms with van der Waals surface area (Å²) in [6, 6.07) is 18.0. The second-order valence-electron chi connectivity index (χ2n) is 7.05. The molecule has 150 valence electrons. The Labute approximate surface area is 170 Å². The average molecular weight is 391 g/mol. The number of methoxy groups -OCH3 is 1. The highest BCUT2D eigenvalue weighted by Gasteiger charge is 2.21. The van der Waals surface area contributed by atoms with E-state index in [1.54, 1.807) is 13.3 Å². The molecule has 2 heterocycles. The van der Waals surface area contributed by atoms with Gasteiger partial charge in [0.2, 0.25) is 5.91 Å². The number of ether oxygens (including phenoxy) is 1. The number of hydrogen-bond donors (Lipinski definition) is 0. The van der Waals surface area contributed by atoms with Crippen LogP contribution in [0.3, 0.4) is 0 Å². The van der Waals surface area contributed by atoms with Crippen molar-refractivity contribution in [1.82, 2.24) is 9.88 Å². The normalized spacial score (nSPS) is 14.1. The van der Waals surface area contributed by atoms with Crippen LogP contribution in [0.15, 0.2) is 65.2 Å². The molecule has 1 aliphatic rings. The van der Waals surface area contributed by atoms with Gasteiger partial charge in [-0.25, -0.2) is 4.98 Å². The maximum Gasteiger partial charge on any atom is 0.223 e. The minimum absolute atomic E-state index is 0.155. The van der Waals surface area contributed by atoms with Crippen molar-refractivity contribution < 1.29 is 13.9 Å². The lowest BCUT2D eigenvalue weighted by Gasteiger charge is -2.36. The first-order valence-corrected chi connectivity index (χ1v) is 9.90. The first-order valence-electron chi connectivity index (χ1n) is 9.90. The van der Waals surface area contributed by atoms with Crippen molar-refractivity contribution in [3.8, 4) is 17.1 Å². The van der Waals surface area contributed by atoms with Crippen LogP contribution < -0.4 is 9.64 Å². The van der Waals surface area contributed by atoms with Gasteiger partial charge < -0.3 is 19.0 Å². The van der Waals surface area contributed by atoms with Gasteiger partial charge in [-0.05, 0) is 36.4 Å². The fourth-order valence-electron chi connectivity index (χ4n) is 3.54. The van der Waals surface area contributed by atoms with E-state index < -0.39 is 0 Å². The van der Waals surface area contributed by atoms with E-state index >= 15 is 0 Å². The number of rotatable bonds is 6. The highest BCUT2D eigenvalue weighted by atomic mass is 16.5. The quantitative estimate of drug-likeness (QED) is 0.642. The summed E-state index contributed by atoms with van der Waals surface area (Å²) in [5.41, 5.74) is 2.15. The fourth-order valence-corrected chi connectivity index (χ4v) is 3.54. The SMILES string of the molecule is COc1ccc(-c2cnc(CCC(=O)N3CCN(c4ccccc4)CC3)o2)cc1. The molecule has 0 aliphatic carbocycles. The molecule has 0 radical (unpaired) electrons. The molecule has 0 bridgehead atoms. The first-order chi connectivity index (χ1) is 14.2. The highest BCUT2D eigenvalue weighted by molar-refractivity contribution is 5.76. The van der Waals surface area contributed by atoms with Crippen molar-refractivity contribution in [3.63, 3.8) is 0 Å². The van der Waals surface area contributed by atoms with E-state index in [1.807, 2.05) is 47.4 Å². The Morgan fingerprint density at radius 1 is 1.03 bits per heavy atom. The van der Waals surface area contributed by atoms with Crippen molar-refractivity contribution >= 4 is 11.6 Å². The molecule has 1 aliphatic heterocycles. The van der Waals surface area contributed by atoms with E-state index in [2.05, 4.69) is 22.0 Å². The molecule has 1 fully saturated rings. The Balaban J connectivity index is 1.27. The lowest BCUT2D eigenvalue weighted by molar-refractivity contribution is -0.131. The van der Waals surface area contributed by atoms with E-state index in [-0.39, 0.29) is 5.91 Å². The number of oxazole rings is 1. The number of aryl methyl sites for hydroxylation is 1. The molecule has 1 aromatic heterocycles. The van der Waals surface area contributed by atoms with Gasteiger partial charge >= 0.3 is 0 Å². The maximum absolute atomic E-state index is 12.6. The van der Waals surface area contributed by atoms with Crippen LogP contribution in [0.4, 0.5) is 5.69 Å². The fraction of sp³-hybridized carbons (Fsp3) is 0.304. The number of piperazine rings is 1. The van der Waals surface area contributed by atoms with Gasteiger partial charge in [0.25, 0.3) is 0 Å². The minimum Gasteiger partial charge on any atom is -0.497 e. The Hall–Kier alpha value is -3.28. The molecule has 0 saturated carbocycles. The molecule has 6 heteroatoms. The molecule has 3 aromatic rings. The number of para-hydroxylation sites is 1. The van der Waals surface area contributed by atoms with Gasteiger partial charge in [-0.15, -0.1) is 0 Å². The van der Waals surface area contributed by atoms with Gasteiger partial charge in [-0.2, -0.15) is 0 Å². The number of amides is 1. The van der Waals surface area contributed by atoms with Crippen molar-refractivity contribution in [2.24, 2.45) is 0 Å². The Kier molecular flexibility index (Phi) is 5.79. The molecule has 1 amide bonds. The number of aromatic nitrogens is 1. The van der Waals surface area contributed by atoms with E-state index in [0.29, 0.717) is 24.5 Å². The summed E-state index contributed by atoms with van der Waals surface area (Å²) < 4.78 is 11.0. The summed E-state index contributed by atoms with van der Waals surface area (Å²) in [4.78, 5) is 21.2. The smallest absolute Gasteiger partial charge is 0.223 e. The van der Waals surface area contributed by atoms with Crippen LogP contribution in [0.25, 0.3) is 11.3 Å². The number of nitrogens with zero attached hydrogens (tertiary/aromatic N) is 3. The van der Waals surface area contributed by atoms with E-state index in [4.69, 9.17) is 9.15 Å². The Morgan fingerprint density at radius 2 is 1.76 bits per heavy atom. The predicted molar refractivity (Wildman–Crippen MR) is 112 cm³/mol. The number of carbonyl (C=O) groups excluding carboxylic acids is 1. The molecule has 0 spiro atoms. The van der Waals surface area contributed by atoms with Gasteiger partial charge in [0, 0.05) is 50.3 Å². The average Bonchev–Trinajstić information content (AvgIpc) is 3.27. The molecular formula is C23H25N3O3. The zero-order valence-corrected chi connectivity index (χ0v) is 16.6. The van der Waals surface area contributed by atoms with Gasteiger partial charge in [0.15, 0.2) is 11.7 Å². The second-order valence-corrected chi connectivity index (χ2v) is 7.05. The summed E-state index contributed by atoms with van der Waals surface area (Å²) >= 11 is 0. The van der Waals surface area contributed by atoms with Crippen molar-refractivity contribution in [1.29, 1.82) is 0 Å². The third-order valence-electron chi connectivity index (χ3n) is 5.23. The van der Waals surface area contributed by atoms with Gasteiger partial charge in [-0.3, -0.25) is 4.79 Å². The Bertz CT molecular complexity index is 930. The van der Waals surface area contributed by atoms with Crippen LogP contribution in [0, 0.1) is 0 Å². The molecule has 0 atom stereocenters. The van der Waals surface area contributed by atoms with Crippen LogP contribution in [-0.4, -0.2) is 49.1 Å². The number of carbonyl (C=O) groups is 1. The molecule has 6 nitrogen and oxygen atoms in total. The number of benzene rings is 2. The summed E-state index contributed by atoms with van der Waals surface area (Å²) in [6.07, 6.45) is 2.63. The first kappa shape index (κ1) is 19.1. The molecular weight excluding hydrogens is 366 g/mol. The molecule has 2 aromatic carbocycles. The third-order valence-corrected chi connectivity index (χ3v) is 5.23. The summed E-state index contributed by atoms with van der Waals surface area (Å²) in [5.74, 6) is 2.24. The molecule has 29 heavy (non-hydrogen) atoms. The largest absolute Gasteiger partial charge is 0.497 e. The topological polar surface area (TPSA) is 58.8 Å². The van der Waals surface area contributed by atoms with Gasteiger partial charge in [0.05, 0.1) is 13.3 Å². The minimum atomic E-state index is 0.155. The van der Waals surface area contributed by atoms with Crippen molar-refractivity contribution in [2.75, 3.05) is 38.2 Å². The van der Waals surface area contributed by atoms with Gasteiger partial charge in [0.1, 0.15) is 5.75 Å². The van der Waals surface area contributed by atoms with Crippen LogP contribution in [0.5, 0.6) is 5.75 Å². The molecule has 1 saturated heterocycles. The van der Waals surface area contributed by atoms with Crippen LogP contribution in [0.1, 0.15) is 12.3 Å². The number of anilines is 1. The maximum atomic E-state index is 12.6. The molecule has 0 N–H and O–H groups in total. The summed E-state index contributed by atoms with van der Waals surface area (Å²) in [6.45, 7) is 3.21. The van der Waals surface area contributed by atoms with E-state index in [1.165, 1.54) is 5.69 Å². The molecule has 0 unspecified atom stereocenters. The van der Waals surface area contributed by atoms with E-state index in [0.717, 1.165) is 37.5 Å². The molecule has 4 rings (SSSR count). The Morgan fingerprint density at radius 3 is 2.45 bits per heavy atom. The number of hydrogen-bond acceptors (Lipinski definition) is 5. The third kappa shape index (κ3) is 4.59. The van der Waals surface area contributed by atoms with Crippen LogP contribution >= 0.6 is 0 Å². The predicted octanol–water partition coefficient (Wildman–Crippen LogP) is 3.63. The van der Waals surface area contributed by atoms with Crippen molar-refractivity contribution in [2.45, 2.75) is 12.8 Å². The highest BCUT2D eigenvalue weighted by Crippen LogP contribution is 2.23. The second kappa shape index (κ2) is 8.82. The lowest BCUT2D eigenvalue weighted by Crippen LogP contribution is -2.48. The monoisotopic (exact) mass is 391 g/mol. The van der Waals surface area contributed by atoms with Crippen molar-refractivity contribution in [3.05, 3.63) is 66.7 Å². The van der Waals surface area contributed by atoms with E-state index in [9.17, 15) is 4.79 Å². The standard InChI is InChI=1S/C23H25N3O3/c1-28-20-9-7-18(8-10-20)21-17-24-22(29-21)11-12-23(27)26-15-13-25(14-16-26)19-5-3-2-4-6-19/h2-10,17H,11-16H2,1H3. The zero-order valence-electron chi connectivity index (χ0n) is 16.6. The van der Waals surface area contributed by atoms with Crippen LogP contribution in [-0.2, 0) is 11.2 Å². The summed E-state index contributed by atoms with van der Waals surface area (Å²) in [7, 11) is 1.64.